The predicted octanol–water partition coefficient (Wildman–Crippen LogP) is 1.69. The molecule has 0 aromatic heterocycles. The van der Waals surface area contributed by atoms with Crippen molar-refractivity contribution in [2.24, 2.45) is 11.7 Å². The van der Waals surface area contributed by atoms with Gasteiger partial charge in [0.05, 0.1) is 0 Å². The van der Waals surface area contributed by atoms with Gasteiger partial charge in [-0.1, -0.05) is 28.1 Å². The molecule has 88 valence electrons. The number of hydrogen-bond donors (Lipinski definition) is 2. The summed E-state index contributed by atoms with van der Waals surface area (Å²) in [6, 6.07) is 7.64. The minimum absolute atomic E-state index is 0.163. The van der Waals surface area contributed by atoms with Gasteiger partial charge in [0, 0.05) is 17.0 Å². The molecule has 0 aliphatic carbocycles. The number of halogens is 2. The van der Waals surface area contributed by atoms with Crippen molar-refractivity contribution in [1.82, 2.24) is 0 Å². The Bertz CT molecular complexity index is 373. The molecule has 0 spiro atoms. The summed E-state index contributed by atoms with van der Waals surface area (Å²) in [7, 11) is 0. The van der Waals surface area contributed by atoms with E-state index in [2.05, 4.69) is 15.9 Å². The van der Waals surface area contributed by atoms with Crippen molar-refractivity contribution in [2.45, 2.75) is 11.8 Å². The molecule has 0 heterocycles. The standard InChI is InChI=1S/C11H13BrClNO2/c12-9-3-1-2-7(5-9)4-8(6-15)10(13)11(14)16/h1-3,5,8,10,15H,4,6H2,(H2,14,16)/t8-,10?/m0/s1. The van der Waals surface area contributed by atoms with Crippen molar-refractivity contribution in [1.29, 1.82) is 0 Å². The van der Waals surface area contributed by atoms with Crippen LogP contribution in [0.25, 0.3) is 0 Å². The van der Waals surface area contributed by atoms with Crippen LogP contribution in [0.3, 0.4) is 0 Å². The van der Waals surface area contributed by atoms with Crippen molar-refractivity contribution >= 4 is 33.4 Å². The number of carbonyl (C=O) groups excluding carboxylic acids is 1. The number of aliphatic hydroxyl groups excluding tert-OH is 1. The number of rotatable bonds is 5. The van der Waals surface area contributed by atoms with E-state index in [0.29, 0.717) is 6.42 Å². The molecule has 0 fully saturated rings. The highest BCUT2D eigenvalue weighted by Gasteiger charge is 2.23. The van der Waals surface area contributed by atoms with Gasteiger partial charge in [-0.15, -0.1) is 11.6 Å². The Morgan fingerprint density at radius 2 is 2.25 bits per heavy atom. The molecule has 0 saturated carbocycles. The van der Waals surface area contributed by atoms with Crippen molar-refractivity contribution in [3.63, 3.8) is 0 Å². The van der Waals surface area contributed by atoms with Gasteiger partial charge in [0.15, 0.2) is 0 Å². The molecule has 3 nitrogen and oxygen atoms in total. The maximum absolute atomic E-state index is 10.9. The molecule has 1 aromatic carbocycles. The Morgan fingerprint density at radius 3 is 2.75 bits per heavy atom. The lowest BCUT2D eigenvalue weighted by Crippen LogP contribution is -2.34. The zero-order valence-corrected chi connectivity index (χ0v) is 10.9. The first-order valence-electron chi connectivity index (χ1n) is 4.83. The van der Waals surface area contributed by atoms with Crippen molar-refractivity contribution in [3.8, 4) is 0 Å². The summed E-state index contributed by atoms with van der Waals surface area (Å²) in [5.74, 6) is -0.954. The van der Waals surface area contributed by atoms with E-state index in [1.807, 2.05) is 24.3 Å². The maximum Gasteiger partial charge on any atom is 0.235 e. The molecule has 1 unspecified atom stereocenters. The van der Waals surface area contributed by atoms with Crippen LogP contribution in [0.15, 0.2) is 28.7 Å². The second kappa shape index (κ2) is 6.23. The Hall–Kier alpha value is -0.580. The van der Waals surface area contributed by atoms with Crippen LogP contribution in [-0.4, -0.2) is 23.0 Å². The van der Waals surface area contributed by atoms with Crippen LogP contribution in [0.5, 0.6) is 0 Å². The van der Waals surface area contributed by atoms with E-state index in [9.17, 15) is 9.90 Å². The van der Waals surface area contributed by atoms with E-state index < -0.39 is 11.3 Å². The first-order chi connectivity index (χ1) is 7.54. The fourth-order valence-electron chi connectivity index (χ4n) is 1.46. The van der Waals surface area contributed by atoms with Gasteiger partial charge >= 0.3 is 0 Å². The molecule has 0 saturated heterocycles. The van der Waals surface area contributed by atoms with E-state index in [1.165, 1.54) is 0 Å². The van der Waals surface area contributed by atoms with Gasteiger partial charge in [0.1, 0.15) is 5.38 Å². The molecule has 2 atom stereocenters. The third-order valence-electron chi connectivity index (χ3n) is 2.31. The lowest BCUT2D eigenvalue weighted by atomic mass is 9.96. The number of primary amides is 1. The van der Waals surface area contributed by atoms with E-state index in [-0.39, 0.29) is 12.5 Å². The van der Waals surface area contributed by atoms with Crippen LogP contribution in [0, 0.1) is 5.92 Å². The van der Waals surface area contributed by atoms with Crippen LogP contribution in [0.4, 0.5) is 0 Å². The van der Waals surface area contributed by atoms with E-state index in [0.717, 1.165) is 10.0 Å². The molecule has 1 rings (SSSR count). The second-order valence-electron chi connectivity index (χ2n) is 3.58. The van der Waals surface area contributed by atoms with E-state index in [4.69, 9.17) is 17.3 Å². The fourth-order valence-corrected chi connectivity index (χ4v) is 2.07. The summed E-state index contributed by atoms with van der Waals surface area (Å²) in [6.07, 6.45) is 0.521. The Balaban J connectivity index is 2.74. The van der Waals surface area contributed by atoms with Crippen molar-refractivity contribution in [2.75, 3.05) is 6.61 Å². The third kappa shape index (κ3) is 3.77. The highest BCUT2D eigenvalue weighted by molar-refractivity contribution is 9.10. The van der Waals surface area contributed by atoms with Crippen molar-refractivity contribution < 1.29 is 9.90 Å². The highest BCUT2D eigenvalue weighted by atomic mass is 79.9. The largest absolute Gasteiger partial charge is 0.396 e. The van der Waals surface area contributed by atoms with Gasteiger partial charge in [-0.2, -0.15) is 0 Å². The molecule has 5 heteroatoms. The quantitative estimate of drug-likeness (QED) is 0.813. The topological polar surface area (TPSA) is 63.3 Å². The fraction of sp³-hybridized carbons (Fsp3) is 0.364. The summed E-state index contributed by atoms with van der Waals surface area (Å²) >= 11 is 9.18. The lowest BCUT2D eigenvalue weighted by molar-refractivity contribution is -0.118. The monoisotopic (exact) mass is 305 g/mol. The molecular weight excluding hydrogens is 293 g/mol. The van der Waals surface area contributed by atoms with Crippen LogP contribution in [0.2, 0.25) is 0 Å². The van der Waals surface area contributed by atoms with Gasteiger partial charge < -0.3 is 10.8 Å². The number of hydrogen-bond acceptors (Lipinski definition) is 2. The maximum atomic E-state index is 10.9. The highest BCUT2D eigenvalue weighted by Crippen LogP contribution is 2.19. The zero-order chi connectivity index (χ0) is 12.1. The average Bonchev–Trinajstić information content (AvgIpc) is 2.25. The smallest absolute Gasteiger partial charge is 0.235 e. The molecule has 16 heavy (non-hydrogen) atoms. The van der Waals surface area contributed by atoms with Gasteiger partial charge in [0.2, 0.25) is 5.91 Å². The molecular formula is C11H13BrClNO2. The minimum Gasteiger partial charge on any atom is -0.396 e. The molecule has 0 bridgehead atoms. The van der Waals surface area contributed by atoms with Gasteiger partial charge in [-0.25, -0.2) is 0 Å². The van der Waals surface area contributed by atoms with Crippen LogP contribution >= 0.6 is 27.5 Å². The van der Waals surface area contributed by atoms with Crippen LogP contribution in [0.1, 0.15) is 5.56 Å². The first kappa shape index (κ1) is 13.5. The number of alkyl halides is 1. The Kier molecular flexibility index (Phi) is 5.25. The number of carbonyl (C=O) groups is 1. The first-order valence-corrected chi connectivity index (χ1v) is 6.06. The SMILES string of the molecule is NC(=O)C(Cl)[C@H](CO)Cc1cccc(Br)c1. The second-order valence-corrected chi connectivity index (χ2v) is 4.97. The molecule has 0 aliphatic heterocycles. The summed E-state index contributed by atoms with van der Waals surface area (Å²) in [5, 5.41) is 8.33. The predicted molar refractivity (Wildman–Crippen MR) is 67.3 cm³/mol. The molecule has 0 aliphatic rings. The minimum atomic E-state index is -0.844. The zero-order valence-electron chi connectivity index (χ0n) is 8.57. The van der Waals surface area contributed by atoms with Gasteiger partial charge in [0.25, 0.3) is 0 Å². The summed E-state index contributed by atoms with van der Waals surface area (Å²) in [4.78, 5) is 10.9. The summed E-state index contributed by atoms with van der Waals surface area (Å²) < 4.78 is 0.951. The Labute approximate surface area is 108 Å². The number of aliphatic hydroxyl groups is 1. The lowest BCUT2D eigenvalue weighted by Gasteiger charge is -2.17. The van der Waals surface area contributed by atoms with Crippen LogP contribution < -0.4 is 5.73 Å². The normalized spacial score (nSPS) is 14.4. The third-order valence-corrected chi connectivity index (χ3v) is 3.37. The molecule has 1 aromatic rings. The Morgan fingerprint density at radius 1 is 1.56 bits per heavy atom. The van der Waals surface area contributed by atoms with E-state index in [1.54, 1.807) is 0 Å². The number of amides is 1. The summed E-state index contributed by atoms with van der Waals surface area (Å²) in [5.41, 5.74) is 6.11. The molecule has 0 radical (unpaired) electrons. The average molecular weight is 307 g/mol. The van der Waals surface area contributed by atoms with Gasteiger partial charge in [-0.3, -0.25) is 4.79 Å². The number of benzene rings is 1. The van der Waals surface area contributed by atoms with E-state index >= 15 is 0 Å². The van der Waals surface area contributed by atoms with Crippen LogP contribution in [-0.2, 0) is 11.2 Å². The van der Waals surface area contributed by atoms with Gasteiger partial charge in [-0.05, 0) is 24.1 Å². The number of nitrogens with two attached hydrogens (primary N) is 1. The molecule has 3 N–H and O–H groups in total. The van der Waals surface area contributed by atoms with Crippen molar-refractivity contribution in [3.05, 3.63) is 34.3 Å². The molecule has 1 amide bonds. The summed E-state index contributed by atoms with van der Waals surface area (Å²) in [6.45, 7) is -0.163.